The summed E-state index contributed by atoms with van der Waals surface area (Å²) >= 11 is 0. The molecule has 1 saturated heterocycles. The van der Waals surface area contributed by atoms with Crippen molar-refractivity contribution in [2.75, 3.05) is 0 Å². The molecule has 0 spiro atoms. The zero-order valence-corrected chi connectivity index (χ0v) is 16.2. The number of hydrogen-bond donors (Lipinski definition) is 3. The van der Waals surface area contributed by atoms with Crippen LogP contribution < -0.4 is 15.6 Å². The molecular formula is C18H26N6O2S. The minimum absolute atomic E-state index is 0.0892. The normalized spacial score (nSPS) is 27.1. The quantitative estimate of drug-likeness (QED) is 0.718. The first-order valence-corrected chi connectivity index (χ1v) is 11.0. The van der Waals surface area contributed by atoms with Crippen molar-refractivity contribution < 1.29 is 8.42 Å². The van der Waals surface area contributed by atoms with Crippen molar-refractivity contribution in [2.24, 2.45) is 0 Å². The van der Waals surface area contributed by atoms with Gasteiger partial charge in [-0.1, -0.05) is 31.4 Å². The number of nitrogens with zero attached hydrogens (tertiary/aromatic N) is 3. The highest BCUT2D eigenvalue weighted by molar-refractivity contribution is 7.89. The van der Waals surface area contributed by atoms with Crippen molar-refractivity contribution in [3.63, 3.8) is 0 Å². The molecule has 2 aliphatic rings. The molecule has 0 radical (unpaired) electrons. The number of rotatable bonds is 5. The van der Waals surface area contributed by atoms with Gasteiger partial charge in [0.25, 0.3) is 0 Å². The van der Waals surface area contributed by atoms with Gasteiger partial charge in [0, 0.05) is 6.04 Å². The van der Waals surface area contributed by atoms with Crippen molar-refractivity contribution in [1.29, 1.82) is 0 Å². The van der Waals surface area contributed by atoms with E-state index in [0.717, 1.165) is 0 Å². The van der Waals surface area contributed by atoms with Crippen LogP contribution in [0.3, 0.4) is 0 Å². The maximum atomic E-state index is 12.9. The Morgan fingerprint density at radius 3 is 2.37 bits per heavy atom. The van der Waals surface area contributed by atoms with E-state index in [2.05, 4.69) is 25.8 Å². The lowest BCUT2D eigenvalue weighted by molar-refractivity contribution is 0.386. The molecule has 0 bridgehead atoms. The molecule has 2 aromatic rings. The van der Waals surface area contributed by atoms with E-state index in [1.165, 1.54) is 37.7 Å². The van der Waals surface area contributed by atoms with Crippen LogP contribution in [-0.2, 0) is 10.0 Å². The van der Waals surface area contributed by atoms with E-state index in [4.69, 9.17) is 0 Å². The Hall–Kier alpha value is -1.81. The van der Waals surface area contributed by atoms with Crippen LogP contribution >= 0.6 is 0 Å². The zero-order chi connectivity index (χ0) is 18.9. The van der Waals surface area contributed by atoms with Crippen LogP contribution in [0.5, 0.6) is 0 Å². The van der Waals surface area contributed by atoms with Gasteiger partial charge in [0.1, 0.15) is 18.8 Å². The third kappa shape index (κ3) is 3.91. The van der Waals surface area contributed by atoms with Crippen LogP contribution in [0.1, 0.15) is 56.7 Å². The molecule has 146 valence electrons. The first kappa shape index (κ1) is 18.5. The van der Waals surface area contributed by atoms with Crippen LogP contribution in [0.2, 0.25) is 0 Å². The zero-order valence-electron chi connectivity index (χ0n) is 15.4. The van der Waals surface area contributed by atoms with Gasteiger partial charge in [-0.25, -0.2) is 18.6 Å². The Morgan fingerprint density at radius 2 is 1.70 bits per heavy atom. The Kier molecular flexibility index (Phi) is 5.27. The summed E-state index contributed by atoms with van der Waals surface area (Å²) in [4.78, 5) is 0.295. The fraction of sp³-hybridized carbons (Fsp3) is 0.556. The molecule has 1 aromatic heterocycles. The van der Waals surface area contributed by atoms with Crippen molar-refractivity contribution in [1.82, 2.24) is 30.3 Å². The molecule has 3 unspecified atom stereocenters. The average Bonchev–Trinajstić information content (AvgIpc) is 3.33. The highest BCUT2D eigenvalue weighted by Gasteiger charge is 2.37. The van der Waals surface area contributed by atoms with E-state index in [0.29, 0.717) is 10.8 Å². The summed E-state index contributed by atoms with van der Waals surface area (Å²) in [5, 5.41) is 7.61. The topological polar surface area (TPSA) is 101 Å². The standard InChI is InChI=1S/C18H26N6O2S/c1-13-17(18(22-21-13)24-11-19-20-12-24)23-27(25,26)16-9-7-15(8-10-16)14-5-3-2-4-6-14/h7-14,17-18,21-23H,2-6H2,1H3. The smallest absolute Gasteiger partial charge is 0.240 e. The van der Waals surface area contributed by atoms with E-state index in [-0.39, 0.29) is 18.2 Å². The van der Waals surface area contributed by atoms with Crippen LogP contribution in [0.25, 0.3) is 0 Å². The lowest BCUT2D eigenvalue weighted by Gasteiger charge is -2.23. The monoisotopic (exact) mass is 390 g/mol. The van der Waals surface area contributed by atoms with E-state index < -0.39 is 10.0 Å². The summed E-state index contributed by atoms with van der Waals surface area (Å²) in [6, 6.07) is 6.92. The molecule has 2 heterocycles. The second kappa shape index (κ2) is 7.67. The molecule has 3 N–H and O–H groups in total. The second-order valence-corrected chi connectivity index (χ2v) is 9.20. The number of nitrogens with one attached hydrogen (secondary N) is 3. The third-order valence-electron chi connectivity index (χ3n) is 5.65. The predicted octanol–water partition coefficient (Wildman–Crippen LogP) is 1.67. The number of benzene rings is 1. The maximum absolute atomic E-state index is 12.9. The summed E-state index contributed by atoms with van der Waals surface area (Å²) in [5.41, 5.74) is 7.42. The molecule has 4 rings (SSSR count). The Balaban J connectivity index is 1.50. The summed E-state index contributed by atoms with van der Waals surface area (Å²) < 4.78 is 30.4. The van der Waals surface area contributed by atoms with Crippen molar-refractivity contribution in [2.45, 2.75) is 68.1 Å². The highest BCUT2D eigenvalue weighted by atomic mass is 32.2. The molecule has 3 atom stereocenters. The maximum Gasteiger partial charge on any atom is 0.240 e. The fourth-order valence-electron chi connectivity index (χ4n) is 4.05. The van der Waals surface area contributed by atoms with Gasteiger partial charge in [-0.2, -0.15) is 0 Å². The van der Waals surface area contributed by atoms with E-state index >= 15 is 0 Å². The predicted molar refractivity (Wildman–Crippen MR) is 101 cm³/mol. The van der Waals surface area contributed by atoms with Gasteiger partial charge in [0.2, 0.25) is 10.0 Å². The van der Waals surface area contributed by atoms with Gasteiger partial charge in [-0.05, 0) is 43.4 Å². The molecule has 9 heteroatoms. The van der Waals surface area contributed by atoms with Crippen LogP contribution in [0.4, 0.5) is 0 Å². The van der Waals surface area contributed by atoms with Gasteiger partial charge in [0.15, 0.2) is 0 Å². The first-order valence-electron chi connectivity index (χ1n) is 9.52. The summed E-state index contributed by atoms with van der Waals surface area (Å²) in [6.07, 6.45) is 9.06. The molecule has 1 saturated carbocycles. The largest absolute Gasteiger partial charge is 0.301 e. The van der Waals surface area contributed by atoms with Crippen molar-refractivity contribution in [3.05, 3.63) is 42.5 Å². The van der Waals surface area contributed by atoms with Gasteiger partial charge >= 0.3 is 0 Å². The van der Waals surface area contributed by atoms with Gasteiger partial charge in [-0.15, -0.1) is 10.2 Å². The molecule has 27 heavy (non-hydrogen) atoms. The summed E-state index contributed by atoms with van der Waals surface area (Å²) in [6.45, 7) is 1.93. The van der Waals surface area contributed by atoms with E-state index in [1.807, 2.05) is 19.1 Å². The van der Waals surface area contributed by atoms with Crippen LogP contribution in [-0.4, -0.2) is 35.3 Å². The Bertz CT molecular complexity index is 846. The average molecular weight is 391 g/mol. The molecule has 8 nitrogen and oxygen atoms in total. The Labute approximate surface area is 159 Å². The molecule has 2 fully saturated rings. The number of aromatic nitrogens is 3. The van der Waals surface area contributed by atoms with Crippen LogP contribution in [0.15, 0.2) is 41.8 Å². The molecular weight excluding hydrogens is 364 g/mol. The lowest BCUT2D eigenvalue weighted by Crippen LogP contribution is -2.45. The minimum Gasteiger partial charge on any atom is -0.301 e. The number of sulfonamides is 1. The van der Waals surface area contributed by atoms with Crippen molar-refractivity contribution >= 4 is 10.0 Å². The minimum atomic E-state index is -3.63. The summed E-state index contributed by atoms with van der Waals surface area (Å²) in [7, 11) is -3.63. The van der Waals surface area contributed by atoms with E-state index in [1.54, 1.807) is 29.4 Å². The fourth-order valence-corrected chi connectivity index (χ4v) is 5.37. The van der Waals surface area contributed by atoms with Gasteiger partial charge in [0.05, 0.1) is 10.9 Å². The number of hydrogen-bond acceptors (Lipinski definition) is 6. The second-order valence-electron chi connectivity index (χ2n) is 7.48. The molecule has 1 aromatic carbocycles. The lowest BCUT2D eigenvalue weighted by atomic mass is 9.84. The Morgan fingerprint density at radius 1 is 1.04 bits per heavy atom. The van der Waals surface area contributed by atoms with Crippen molar-refractivity contribution in [3.8, 4) is 0 Å². The van der Waals surface area contributed by atoms with Gasteiger partial charge in [-0.3, -0.25) is 5.43 Å². The first-order chi connectivity index (χ1) is 13.0. The highest BCUT2D eigenvalue weighted by Crippen LogP contribution is 2.33. The summed E-state index contributed by atoms with van der Waals surface area (Å²) in [5.74, 6) is 0.560. The molecule has 1 aliphatic heterocycles. The van der Waals surface area contributed by atoms with Crippen LogP contribution in [0, 0.1) is 0 Å². The number of hydrazine groups is 1. The molecule has 1 aliphatic carbocycles. The SMILES string of the molecule is CC1NNC(n2cnnc2)C1NS(=O)(=O)c1ccc(C2CCCCC2)cc1. The van der Waals surface area contributed by atoms with E-state index in [9.17, 15) is 8.42 Å². The van der Waals surface area contributed by atoms with Gasteiger partial charge < -0.3 is 4.57 Å². The molecule has 0 amide bonds. The third-order valence-corrected chi connectivity index (χ3v) is 7.13.